The molecule has 0 aromatic heterocycles. The molecule has 0 saturated carbocycles. The Morgan fingerprint density at radius 2 is 1.71 bits per heavy atom. The van der Waals surface area contributed by atoms with Crippen LogP contribution in [-0.4, -0.2) is 41.2 Å². The molecule has 0 saturated heterocycles. The molecular formula is C21H29NO6. The van der Waals surface area contributed by atoms with Crippen molar-refractivity contribution in [1.82, 2.24) is 5.32 Å². The smallest absolute Gasteiger partial charge is 0.333 e. The van der Waals surface area contributed by atoms with Crippen LogP contribution in [0.4, 0.5) is 0 Å². The fourth-order valence-electron chi connectivity index (χ4n) is 2.16. The molecule has 3 N–H and O–H groups in total. The highest BCUT2D eigenvalue weighted by Gasteiger charge is 2.15. The molecule has 0 aliphatic rings. The number of carbonyl (C=O) groups excluding carboxylic acids is 2. The van der Waals surface area contributed by atoms with E-state index in [4.69, 9.17) is 19.7 Å². The third-order valence-electron chi connectivity index (χ3n) is 3.56. The highest BCUT2D eigenvalue weighted by Crippen LogP contribution is 2.14. The van der Waals surface area contributed by atoms with Crippen LogP contribution in [0.5, 0.6) is 5.75 Å². The molecule has 1 rings (SSSR count). The van der Waals surface area contributed by atoms with Crippen LogP contribution in [0, 0.1) is 0 Å². The van der Waals surface area contributed by atoms with E-state index in [0.717, 1.165) is 43.9 Å². The monoisotopic (exact) mass is 391 g/mol. The van der Waals surface area contributed by atoms with Crippen LogP contribution in [0.1, 0.15) is 45.1 Å². The molecular weight excluding hydrogens is 362 g/mol. The molecule has 0 unspecified atom stereocenters. The van der Waals surface area contributed by atoms with E-state index in [1.54, 1.807) is 37.3 Å². The normalized spacial score (nSPS) is 11.3. The van der Waals surface area contributed by atoms with Gasteiger partial charge in [-0.25, -0.2) is 4.79 Å². The lowest BCUT2D eigenvalue weighted by Gasteiger charge is -2.15. The van der Waals surface area contributed by atoms with Gasteiger partial charge in [-0.1, -0.05) is 18.7 Å². The Balaban J connectivity index is 2.19. The minimum atomic E-state index is -2.24. The van der Waals surface area contributed by atoms with Crippen LogP contribution in [-0.2, 0) is 14.3 Å². The van der Waals surface area contributed by atoms with Gasteiger partial charge < -0.3 is 25.0 Å². The molecule has 0 aliphatic carbocycles. The minimum absolute atomic E-state index is 0.345. The fourth-order valence-corrected chi connectivity index (χ4v) is 2.16. The van der Waals surface area contributed by atoms with Crippen LogP contribution >= 0.6 is 0 Å². The van der Waals surface area contributed by atoms with Gasteiger partial charge >= 0.3 is 5.97 Å². The standard InChI is InChI=1S/C21H29NO6/c1-16(2)20(24)28-15-7-5-4-6-14-27-18-11-8-17(9-12-18)10-13-19(23)22-21(3,25)26/h8-13,25-26H,1,4-7,14-15H2,2-3H3,(H,22,23)/b13-10+. The second kappa shape index (κ2) is 11.9. The van der Waals surface area contributed by atoms with E-state index in [0.29, 0.717) is 18.8 Å². The molecule has 0 spiro atoms. The van der Waals surface area contributed by atoms with Crippen molar-refractivity contribution in [3.63, 3.8) is 0 Å². The molecule has 154 valence electrons. The van der Waals surface area contributed by atoms with Gasteiger partial charge in [0.1, 0.15) is 5.75 Å². The summed E-state index contributed by atoms with van der Waals surface area (Å²) in [5.74, 6) is -2.46. The first-order valence-electron chi connectivity index (χ1n) is 9.18. The van der Waals surface area contributed by atoms with Gasteiger partial charge in [-0.15, -0.1) is 0 Å². The van der Waals surface area contributed by atoms with Crippen molar-refractivity contribution in [3.05, 3.63) is 48.1 Å². The maximum atomic E-state index is 11.5. The number of ether oxygens (including phenoxy) is 2. The second-order valence-corrected chi connectivity index (χ2v) is 6.59. The van der Waals surface area contributed by atoms with Gasteiger partial charge in [0, 0.05) is 18.6 Å². The minimum Gasteiger partial charge on any atom is -0.494 e. The summed E-state index contributed by atoms with van der Waals surface area (Å²) in [6, 6.07) is 7.20. The third-order valence-corrected chi connectivity index (χ3v) is 3.56. The topological polar surface area (TPSA) is 105 Å². The predicted octanol–water partition coefficient (Wildman–Crippen LogP) is 2.53. The first-order valence-corrected chi connectivity index (χ1v) is 9.18. The highest BCUT2D eigenvalue weighted by molar-refractivity contribution is 5.91. The predicted molar refractivity (Wildman–Crippen MR) is 106 cm³/mol. The summed E-state index contributed by atoms with van der Waals surface area (Å²) in [5.41, 5.74) is 1.20. The number of rotatable bonds is 12. The molecule has 0 radical (unpaired) electrons. The number of hydrogen-bond acceptors (Lipinski definition) is 6. The molecule has 0 aliphatic heterocycles. The summed E-state index contributed by atoms with van der Waals surface area (Å²) in [6.07, 6.45) is 6.44. The third kappa shape index (κ3) is 11.2. The van der Waals surface area contributed by atoms with Gasteiger partial charge in [-0.3, -0.25) is 4.79 Å². The lowest BCUT2D eigenvalue weighted by molar-refractivity contribution is -0.175. The molecule has 1 aromatic rings. The molecule has 0 fully saturated rings. The zero-order valence-electron chi connectivity index (χ0n) is 16.4. The van der Waals surface area contributed by atoms with E-state index in [1.807, 2.05) is 5.32 Å². The maximum absolute atomic E-state index is 11.5. The van der Waals surface area contributed by atoms with E-state index in [1.165, 1.54) is 6.08 Å². The number of esters is 1. The Morgan fingerprint density at radius 3 is 2.29 bits per heavy atom. The molecule has 28 heavy (non-hydrogen) atoms. The van der Waals surface area contributed by atoms with Crippen molar-refractivity contribution in [2.24, 2.45) is 0 Å². The first kappa shape index (κ1) is 23.4. The summed E-state index contributed by atoms with van der Waals surface area (Å²) in [5, 5.41) is 20.1. The van der Waals surface area contributed by atoms with Gasteiger partial charge in [0.15, 0.2) is 0 Å². The van der Waals surface area contributed by atoms with Crippen LogP contribution in [0.2, 0.25) is 0 Å². The number of aliphatic hydroxyl groups is 2. The summed E-state index contributed by atoms with van der Waals surface area (Å²) in [4.78, 5) is 22.7. The van der Waals surface area contributed by atoms with Gasteiger partial charge in [0.2, 0.25) is 11.8 Å². The van der Waals surface area contributed by atoms with E-state index in [-0.39, 0.29) is 5.97 Å². The number of carbonyl (C=O) groups is 2. The van der Waals surface area contributed by atoms with E-state index >= 15 is 0 Å². The Kier molecular flexibility index (Phi) is 9.98. The van der Waals surface area contributed by atoms with Crippen LogP contribution < -0.4 is 10.1 Å². The Morgan fingerprint density at radius 1 is 1.11 bits per heavy atom. The fraction of sp³-hybridized carbons (Fsp3) is 0.429. The number of nitrogens with one attached hydrogen (secondary N) is 1. The summed E-state index contributed by atoms with van der Waals surface area (Å²) < 4.78 is 10.7. The summed E-state index contributed by atoms with van der Waals surface area (Å²) >= 11 is 0. The zero-order chi connectivity index (χ0) is 21.0. The van der Waals surface area contributed by atoms with Crippen molar-refractivity contribution >= 4 is 18.0 Å². The van der Waals surface area contributed by atoms with Crippen molar-refractivity contribution in [1.29, 1.82) is 0 Å². The molecule has 0 atom stereocenters. The summed E-state index contributed by atoms with van der Waals surface area (Å²) in [7, 11) is 0. The number of hydrogen-bond donors (Lipinski definition) is 3. The second-order valence-electron chi connectivity index (χ2n) is 6.59. The highest BCUT2D eigenvalue weighted by atomic mass is 16.5. The van der Waals surface area contributed by atoms with Crippen molar-refractivity contribution in [2.45, 2.75) is 45.4 Å². The van der Waals surface area contributed by atoms with Gasteiger partial charge in [0.25, 0.3) is 0 Å². The molecule has 0 bridgehead atoms. The Labute approximate surface area is 165 Å². The zero-order valence-corrected chi connectivity index (χ0v) is 16.4. The average Bonchev–Trinajstić information content (AvgIpc) is 2.61. The molecule has 7 heteroatoms. The number of amides is 1. The van der Waals surface area contributed by atoms with E-state index in [9.17, 15) is 9.59 Å². The van der Waals surface area contributed by atoms with Crippen molar-refractivity contribution in [2.75, 3.05) is 13.2 Å². The largest absolute Gasteiger partial charge is 0.494 e. The lowest BCUT2D eigenvalue weighted by Crippen LogP contribution is -2.44. The molecule has 7 nitrogen and oxygen atoms in total. The number of unbranched alkanes of at least 4 members (excludes halogenated alkanes) is 3. The quantitative estimate of drug-likeness (QED) is 0.219. The van der Waals surface area contributed by atoms with Crippen molar-refractivity contribution in [3.8, 4) is 5.75 Å². The maximum Gasteiger partial charge on any atom is 0.333 e. The average molecular weight is 391 g/mol. The van der Waals surface area contributed by atoms with Crippen LogP contribution in [0.3, 0.4) is 0 Å². The molecule has 1 amide bonds. The van der Waals surface area contributed by atoms with Gasteiger partial charge in [-0.05, 0) is 56.4 Å². The Hall–Kier alpha value is -2.64. The Bertz CT molecular complexity index is 673. The van der Waals surface area contributed by atoms with Crippen LogP contribution in [0.25, 0.3) is 6.08 Å². The van der Waals surface area contributed by atoms with E-state index < -0.39 is 11.8 Å². The SMILES string of the molecule is C=C(C)C(=O)OCCCCCCOc1ccc(/C=C/C(=O)NC(C)(O)O)cc1. The summed E-state index contributed by atoms with van der Waals surface area (Å²) in [6.45, 7) is 7.22. The van der Waals surface area contributed by atoms with E-state index in [2.05, 4.69) is 6.58 Å². The van der Waals surface area contributed by atoms with Gasteiger partial charge in [-0.2, -0.15) is 0 Å². The molecule has 1 aromatic carbocycles. The number of benzene rings is 1. The van der Waals surface area contributed by atoms with Crippen LogP contribution in [0.15, 0.2) is 42.5 Å². The first-order chi connectivity index (χ1) is 13.2. The van der Waals surface area contributed by atoms with Crippen molar-refractivity contribution < 1.29 is 29.3 Å². The van der Waals surface area contributed by atoms with Gasteiger partial charge in [0.05, 0.1) is 13.2 Å². The lowest BCUT2D eigenvalue weighted by atomic mass is 10.2. The molecule has 0 heterocycles.